The van der Waals surface area contributed by atoms with Gasteiger partial charge >= 0.3 is 0 Å². The Morgan fingerprint density at radius 3 is 2.75 bits per heavy atom. The molecule has 4 heteroatoms. The molecule has 0 radical (unpaired) electrons. The molecule has 2 heterocycles. The van der Waals surface area contributed by atoms with Crippen LogP contribution in [0.5, 0.6) is 0 Å². The minimum atomic E-state index is 0.0438. The lowest BCUT2D eigenvalue weighted by molar-refractivity contribution is 0.259. The van der Waals surface area contributed by atoms with Crippen LogP contribution in [0, 0.1) is 6.92 Å². The maximum absolute atomic E-state index is 4.42. The molecule has 16 heavy (non-hydrogen) atoms. The molecule has 2 aliphatic rings. The topological polar surface area (TPSA) is 42.7 Å². The average molecular weight is 220 g/mol. The van der Waals surface area contributed by atoms with Gasteiger partial charge in [-0.2, -0.15) is 0 Å². The first-order valence-electron chi connectivity index (χ1n) is 6.38. The zero-order valence-corrected chi connectivity index (χ0v) is 10.2. The second-order valence-electron chi connectivity index (χ2n) is 5.39. The number of piperidine rings is 1. The van der Waals surface area contributed by atoms with E-state index in [1.165, 1.54) is 32.1 Å². The highest BCUT2D eigenvalue weighted by molar-refractivity contribution is 5.12. The Kier molecular flexibility index (Phi) is 2.28. The molecule has 1 aliphatic heterocycles. The van der Waals surface area contributed by atoms with E-state index >= 15 is 0 Å². The van der Waals surface area contributed by atoms with E-state index in [0.717, 1.165) is 18.2 Å². The fraction of sp³-hybridized carbons (Fsp3) is 0.833. The quantitative estimate of drug-likeness (QED) is 0.828. The zero-order valence-electron chi connectivity index (χ0n) is 10.2. The van der Waals surface area contributed by atoms with Crippen LogP contribution < -0.4 is 5.32 Å². The largest absolute Gasteiger partial charge is 0.311 e. The van der Waals surface area contributed by atoms with Gasteiger partial charge in [0.05, 0.1) is 5.54 Å². The van der Waals surface area contributed by atoms with Gasteiger partial charge in [-0.05, 0) is 52.5 Å². The number of aromatic nitrogens is 3. The fourth-order valence-corrected chi connectivity index (χ4v) is 2.76. The summed E-state index contributed by atoms with van der Waals surface area (Å²) >= 11 is 0. The van der Waals surface area contributed by atoms with Gasteiger partial charge in [0.25, 0.3) is 0 Å². The summed E-state index contributed by atoms with van der Waals surface area (Å²) in [5, 5.41) is 12.3. The molecular weight excluding hydrogens is 200 g/mol. The Hall–Kier alpha value is -0.900. The summed E-state index contributed by atoms with van der Waals surface area (Å²) < 4.78 is 2.36. The van der Waals surface area contributed by atoms with E-state index in [-0.39, 0.29) is 5.54 Å². The predicted octanol–water partition coefficient (Wildman–Crippen LogP) is 1.91. The molecule has 3 rings (SSSR count). The highest BCUT2D eigenvalue weighted by Crippen LogP contribution is 2.40. The summed E-state index contributed by atoms with van der Waals surface area (Å²) in [6, 6.07) is 0.672. The summed E-state index contributed by atoms with van der Waals surface area (Å²) in [6.45, 7) is 5.45. The molecule has 0 amide bonds. The van der Waals surface area contributed by atoms with Gasteiger partial charge in [0.1, 0.15) is 5.82 Å². The molecule has 0 bridgehead atoms. The monoisotopic (exact) mass is 220 g/mol. The molecule has 1 saturated carbocycles. The second kappa shape index (κ2) is 3.55. The number of nitrogens with one attached hydrogen (secondary N) is 1. The van der Waals surface area contributed by atoms with Crippen LogP contribution in [0.15, 0.2) is 0 Å². The van der Waals surface area contributed by atoms with E-state index in [4.69, 9.17) is 0 Å². The number of rotatable bonds is 2. The van der Waals surface area contributed by atoms with Crippen LogP contribution in [0.1, 0.15) is 56.7 Å². The fourth-order valence-electron chi connectivity index (χ4n) is 2.76. The maximum atomic E-state index is 4.42. The lowest BCUT2D eigenvalue weighted by atomic mass is 9.90. The van der Waals surface area contributed by atoms with Crippen LogP contribution in [0.3, 0.4) is 0 Å². The van der Waals surface area contributed by atoms with Gasteiger partial charge in [-0.3, -0.25) is 0 Å². The zero-order chi connectivity index (χ0) is 11.2. The van der Waals surface area contributed by atoms with Crippen molar-refractivity contribution in [2.75, 3.05) is 6.54 Å². The molecule has 88 valence electrons. The van der Waals surface area contributed by atoms with Crippen molar-refractivity contribution < 1.29 is 0 Å². The van der Waals surface area contributed by atoms with Crippen molar-refractivity contribution in [1.29, 1.82) is 0 Å². The molecule has 1 saturated heterocycles. The summed E-state index contributed by atoms with van der Waals surface area (Å²) in [5.41, 5.74) is 0.0438. The van der Waals surface area contributed by atoms with Gasteiger partial charge in [0, 0.05) is 6.04 Å². The lowest BCUT2D eigenvalue weighted by Crippen LogP contribution is -2.45. The van der Waals surface area contributed by atoms with Crippen LogP contribution in [0.25, 0.3) is 0 Å². The predicted molar refractivity (Wildman–Crippen MR) is 62.2 cm³/mol. The molecule has 1 N–H and O–H groups in total. The molecule has 4 nitrogen and oxygen atoms in total. The molecule has 0 aromatic carbocycles. The first-order chi connectivity index (χ1) is 7.71. The van der Waals surface area contributed by atoms with E-state index < -0.39 is 0 Å². The van der Waals surface area contributed by atoms with Gasteiger partial charge in [-0.25, -0.2) is 0 Å². The van der Waals surface area contributed by atoms with Crippen LogP contribution in [-0.2, 0) is 5.54 Å². The van der Waals surface area contributed by atoms with Gasteiger partial charge in [0.2, 0.25) is 0 Å². The smallest absolute Gasteiger partial charge is 0.153 e. The minimum absolute atomic E-state index is 0.0438. The standard InChI is InChI=1S/C12H20N4/c1-9-14-15-11(16(9)10-5-6-10)12(2)7-3-4-8-13-12/h10,13H,3-8H2,1-2H3. The minimum Gasteiger partial charge on any atom is -0.311 e. The summed E-state index contributed by atoms with van der Waals surface area (Å²) in [4.78, 5) is 0. The van der Waals surface area contributed by atoms with Crippen molar-refractivity contribution in [2.45, 2.75) is 57.5 Å². The van der Waals surface area contributed by atoms with E-state index in [9.17, 15) is 0 Å². The van der Waals surface area contributed by atoms with Crippen LogP contribution in [0.4, 0.5) is 0 Å². The third-order valence-corrected chi connectivity index (χ3v) is 3.89. The Bertz CT molecular complexity index is 386. The number of nitrogens with zero attached hydrogens (tertiary/aromatic N) is 3. The van der Waals surface area contributed by atoms with Gasteiger partial charge in [0.15, 0.2) is 5.82 Å². The van der Waals surface area contributed by atoms with Crippen molar-refractivity contribution >= 4 is 0 Å². The molecule has 1 unspecified atom stereocenters. The summed E-state index contributed by atoms with van der Waals surface area (Å²) in [5.74, 6) is 2.23. The van der Waals surface area contributed by atoms with E-state index in [1.807, 2.05) is 0 Å². The SMILES string of the molecule is Cc1nnc(C2(C)CCCCN2)n1C1CC1. The van der Waals surface area contributed by atoms with Crippen molar-refractivity contribution in [3.05, 3.63) is 11.6 Å². The van der Waals surface area contributed by atoms with Gasteiger partial charge in [-0.1, -0.05) is 0 Å². The highest BCUT2D eigenvalue weighted by atomic mass is 15.3. The molecule has 2 fully saturated rings. The van der Waals surface area contributed by atoms with E-state index in [2.05, 4.69) is 33.9 Å². The number of hydrogen-bond acceptors (Lipinski definition) is 3. The Morgan fingerprint density at radius 1 is 1.31 bits per heavy atom. The number of aryl methyl sites for hydroxylation is 1. The van der Waals surface area contributed by atoms with Crippen molar-refractivity contribution in [2.24, 2.45) is 0 Å². The molecule has 1 aromatic rings. The summed E-state index contributed by atoms with van der Waals surface area (Å²) in [7, 11) is 0. The first-order valence-corrected chi connectivity index (χ1v) is 6.38. The molecule has 1 atom stereocenters. The Balaban J connectivity index is 1.98. The Morgan fingerprint density at radius 2 is 2.12 bits per heavy atom. The molecular formula is C12H20N4. The number of hydrogen-bond donors (Lipinski definition) is 1. The maximum Gasteiger partial charge on any atom is 0.153 e. The first kappa shape index (κ1) is 10.3. The second-order valence-corrected chi connectivity index (χ2v) is 5.39. The van der Waals surface area contributed by atoms with Crippen molar-refractivity contribution in [3.8, 4) is 0 Å². The van der Waals surface area contributed by atoms with E-state index in [1.54, 1.807) is 0 Å². The molecule has 1 aliphatic carbocycles. The molecule has 1 aromatic heterocycles. The van der Waals surface area contributed by atoms with Crippen molar-refractivity contribution in [1.82, 2.24) is 20.1 Å². The van der Waals surface area contributed by atoms with Crippen LogP contribution >= 0.6 is 0 Å². The normalized spacial score (nSPS) is 30.6. The van der Waals surface area contributed by atoms with Crippen molar-refractivity contribution in [3.63, 3.8) is 0 Å². The molecule has 0 spiro atoms. The van der Waals surface area contributed by atoms with E-state index in [0.29, 0.717) is 6.04 Å². The van der Waals surface area contributed by atoms with Gasteiger partial charge in [-0.15, -0.1) is 10.2 Å². The highest BCUT2D eigenvalue weighted by Gasteiger charge is 2.38. The third kappa shape index (κ3) is 1.56. The van der Waals surface area contributed by atoms with Gasteiger partial charge < -0.3 is 9.88 Å². The lowest BCUT2D eigenvalue weighted by Gasteiger charge is -2.34. The van der Waals surface area contributed by atoms with Crippen LogP contribution in [-0.4, -0.2) is 21.3 Å². The average Bonchev–Trinajstić information content (AvgIpc) is 3.03. The third-order valence-electron chi connectivity index (χ3n) is 3.89. The Labute approximate surface area is 96.4 Å². The van der Waals surface area contributed by atoms with Crippen LogP contribution in [0.2, 0.25) is 0 Å². The summed E-state index contributed by atoms with van der Waals surface area (Å²) in [6.07, 6.45) is 6.34.